The highest BCUT2D eigenvalue weighted by atomic mass is 79.9. The summed E-state index contributed by atoms with van der Waals surface area (Å²) in [4.78, 5) is 14.1. The van der Waals surface area contributed by atoms with Gasteiger partial charge in [0.05, 0.1) is 6.04 Å². The molecule has 0 N–H and O–H groups in total. The normalized spacial score (nSPS) is 19.6. The van der Waals surface area contributed by atoms with Gasteiger partial charge in [-0.25, -0.2) is 4.79 Å². The molecule has 104 valence electrons. The molecule has 1 saturated heterocycles. The Hall–Kier alpha value is -1.03. The van der Waals surface area contributed by atoms with Crippen LogP contribution in [0.5, 0.6) is 0 Å². The van der Waals surface area contributed by atoms with Gasteiger partial charge in [-0.2, -0.15) is 0 Å². The fraction of sp³-hybridized carbons (Fsp3) is 0.533. The van der Waals surface area contributed by atoms with Crippen molar-refractivity contribution in [1.82, 2.24) is 4.90 Å². The van der Waals surface area contributed by atoms with E-state index in [1.54, 1.807) is 0 Å². The van der Waals surface area contributed by atoms with E-state index >= 15 is 0 Å². The molecule has 3 nitrogen and oxygen atoms in total. The zero-order valence-corrected chi connectivity index (χ0v) is 13.2. The van der Waals surface area contributed by atoms with Crippen LogP contribution in [-0.4, -0.2) is 23.1 Å². The second-order valence-corrected chi connectivity index (χ2v) is 6.71. The van der Waals surface area contributed by atoms with Crippen molar-refractivity contribution in [3.8, 4) is 0 Å². The van der Waals surface area contributed by atoms with Crippen molar-refractivity contribution in [3.05, 3.63) is 34.3 Å². The molecule has 1 heterocycles. The topological polar surface area (TPSA) is 29.5 Å². The summed E-state index contributed by atoms with van der Waals surface area (Å²) >= 11 is 3.57. The maximum absolute atomic E-state index is 12.2. The molecular weight excluding hydrogens is 306 g/mol. The fourth-order valence-corrected chi connectivity index (χ4v) is 2.92. The monoisotopic (exact) mass is 325 g/mol. The smallest absolute Gasteiger partial charge is 0.410 e. The second kappa shape index (κ2) is 5.53. The standard InChI is InChI=1S/C15H20BrNO2/c1-15(2,3)19-14(18)17-10-6-9-13(17)11-7-4-5-8-12(11)16/h4-5,7-8,13H,6,9-10H2,1-3H3/t13-/m1/s1. The number of nitrogens with zero attached hydrogens (tertiary/aromatic N) is 1. The fourth-order valence-electron chi connectivity index (χ4n) is 2.37. The molecule has 1 aliphatic rings. The zero-order valence-electron chi connectivity index (χ0n) is 11.6. The minimum atomic E-state index is -0.446. The van der Waals surface area contributed by atoms with Crippen molar-refractivity contribution in [1.29, 1.82) is 0 Å². The summed E-state index contributed by atoms with van der Waals surface area (Å²) in [6, 6.07) is 8.19. The van der Waals surface area contributed by atoms with Crippen LogP contribution in [0.3, 0.4) is 0 Å². The van der Waals surface area contributed by atoms with Crippen molar-refractivity contribution in [3.63, 3.8) is 0 Å². The molecule has 0 unspecified atom stereocenters. The van der Waals surface area contributed by atoms with E-state index < -0.39 is 5.60 Å². The average molecular weight is 326 g/mol. The van der Waals surface area contributed by atoms with Crippen molar-refractivity contribution in [2.24, 2.45) is 0 Å². The highest BCUT2D eigenvalue weighted by molar-refractivity contribution is 9.10. The Kier molecular flexibility index (Phi) is 4.19. The molecule has 4 heteroatoms. The molecule has 2 rings (SSSR count). The molecular formula is C15H20BrNO2. The van der Waals surface area contributed by atoms with Gasteiger partial charge in [0.1, 0.15) is 5.60 Å². The molecule has 1 amide bonds. The van der Waals surface area contributed by atoms with Crippen LogP contribution in [-0.2, 0) is 4.74 Å². The number of halogens is 1. The van der Waals surface area contributed by atoms with E-state index in [0.717, 1.165) is 29.4 Å². The van der Waals surface area contributed by atoms with Crippen molar-refractivity contribution >= 4 is 22.0 Å². The highest BCUT2D eigenvalue weighted by Gasteiger charge is 2.33. The number of ether oxygens (including phenoxy) is 1. The third-order valence-corrected chi connectivity index (χ3v) is 3.87. The van der Waals surface area contributed by atoms with Gasteiger partial charge in [-0.3, -0.25) is 0 Å². The summed E-state index contributed by atoms with van der Waals surface area (Å²) in [5.41, 5.74) is 0.712. The minimum absolute atomic E-state index is 0.116. The minimum Gasteiger partial charge on any atom is -0.444 e. The summed E-state index contributed by atoms with van der Waals surface area (Å²) in [7, 11) is 0. The first-order chi connectivity index (χ1) is 8.88. The van der Waals surface area contributed by atoms with Crippen LogP contribution in [0.15, 0.2) is 28.7 Å². The van der Waals surface area contributed by atoms with Crippen molar-refractivity contribution < 1.29 is 9.53 Å². The predicted octanol–water partition coefficient (Wildman–Crippen LogP) is 4.52. The number of benzene rings is 1. The Morgan fingerprint density at radius 1 is 1.37 bits per heavy atom. The maximum atomic E-state index is 12.2. The summed E-state index contributed by atoms with van der Waals surface area (Å²) in [5, 5.41) is 0. The van der Waals surface area contributed by atoms with Crippen LogP contribution in [0.4, 0.5) is 4.79 Å². The largest absolute Gasteiger partial charge is 0.444 e. The van der Waals surface area contributed by atoms with Gasteiger partial charge in [-0.1, -0.05) is 34.1 Å². The van der Waals surface area contributed by atoms with Crippen LogP contribution < -0.4 is 0 Å². The molecule has 0 spiro atoms. The van der Waals surface area contributed by atoms with Crippen molar-refractivity contribution in [2.75, 3.05) is 6.54 Å². The molecule has 1 aromatic carbocycles. The van der Waals surface area contributed by atoms with E-state index in [0.29, 0.717) is 0 Å². The highest BCUT2D eigenvalue weighted by Crippen LogP contribution is 2.36. The van der Waals surface area contributed by atoms with Gasteiger partial charge in [0.25, 0.3) is 0 Å². The lowest BCUT2D eigenvalue weighted by molar-refractivity contribution is 0.0224. The maximum Gasteiger partial charge on any atom is 0.410 e. The van der Waals surface area contributed by atoms with Gasteiger partial charge in [-0.05, 0) is 45.2 Å². The number of amides is 1. The first-order valence-corrected chi connectivity index (χ1v) is 7.42. The number of likely N-dealkylation sites (tertiary alicyclic amines) is 1. The van der Waals surface area contributed by atoms with E-state index in [1.165, 1.54) is 0 Å². The van der Waals surface area contributed by atoms with Crippen molar-refractivity contribution in [2.45, 2.75) is 45.3 Å². The van der Waals surface area contributed by atoms with Gasteiger partial charge in [0.15, 0.2) is 0 Å². The first kappa shape index (κ1) is 14.4. The van der Waals surface area contributed by atoms with Gasteiger partial charge in [0, 0.05) is 11.0 Å². The third kappa shape index (κ3) is 3.50. The Balaban J connectivity index is 2.18. The molecule has 19 heavy (non-hydrogen) atoms. The Bertz CT molecular complexity index is 467. The van der Waals surface area contributed by atoms with Gasteiger partial charge in [-0.15, -0.1) is 0 Å². The van der Waals surface area contributed by atoms with E-state index in [1.807, 2.05) is 43.9 Å². The number of hydrogen-bond donors (Lipinski definition) is 0. The second-order valence-electron chi connectivity index (χ2n) is 5.85. The summed E-state index contributed by atoms with van der Waals surface area (Å²) in [5.74, 6) is 0. The summed E-state index contributed by atoms with van der Waals surface area (Å²) < 4.78 is 6.54. The number of carbonyl (C=O) groups is 1. The lowest BCUT2D eigenvalue weighted by Gasteiger charge is -2.29. The van der Waals surface area contributed by atoms with Crippen LogP contribution in [0, 0.1) is 0 Å². The Morgan fingerprint density at radius 3 is 2.68 bits per heavy atom. The SMILES string of the molecule is CC(C)(C)OC(=O)N1CCC[C@@H]1c1ccccc1Br. The number of carbonyl (C=O) groups excluding carboxylic acids is 1. The number of hydrogen-bond acceptors (Lipinski definition) is 2. The molecule has 1 atom stereocenters. The molecule has 0 radical (unpaired) electrons. The molecule has 0 aromatic heterocycles. The summed E-state index contributed by atoms with van der Waals surface area (Å²) in [6.45, 7) is 6.46. The lowest BCUT2D eigenvalue weighted by Crippen LogP contribution is -2.36. The van der Waals surface area contributed by atoms with Crippen LogP contribution in [0.2, 0.25) is 0 Å². The molecule has 0 aliphatic carbocycles. The third-order valence-electron chi connectivity index (χ3n) is 3.15. The molecule has 1 aromatic rings. The van der Waals surface area contributed by atoms with Crippen LogP contribution in [0.25, 0.3) is 0 Å². The van der Waals surface area contributed by atoms with Crippen LogP contribution in [0.1, 0.15) is 45.2 Å². The summed E-state index contributed by atoms with van der Waals surface area (Å²) in [6.07, 6.45) is 1.79. The quantitative estimate of drug-likeness (QED) is 0.759. The molecule has 1 fully saturated rings. The zero-order chi connectivity index (χ0) is 14.0. The molecule has 0 bridgehead atoms. The predicted molar refractivity (Wildman–Crippen MR) is 79.1 cm³/mol. The molecule has 1 aliphatic heterocycles. The molecule has 0 saturated carbocycles. The van der Waals surface area contributed by atoms with E-state index in [4.69, 9.17) is 4.74 Å². The number of rotatable bonds is 1. The Labute approximate surface area is 123 Å². The lowest BCUT2D eigenvalue weighted by atomic mass is 10.1. The van der Waals surface area contributed by atoms with Gasteiger partial charge < -0.3 is 9.64 Å². The van der Waals surface area contributed by atoms with Crippen LogP contribution >= 0.6 is 15.9 Å². The Morgan fingerprint density at radius 2 is 2.05 bits per heavy atom. The van der Waals surface area contributed by atoms with E-state index in [9.17, 15) is 4.79 Å². The van der Waals surface area contributed by atoms with Gasteiger partial charge in [0.2, 0.25) is 0 Å². The van der Waals surface area contributed by atoms with E-state index in [2.05, 4.69) is 22.0 Å². The van der Waals surface area contributed by atoms with Gasteiger partial charge >= 0.3 is 6.09 Å². The average Bonchev–Trinajstić information content (AvgIpc) is 2.76. The van der Waals surface area contributed by atoms with E-state index in [-0.39, 0.29) is 12.1 Å². The first-order valence-electron chi connectivity index (χ1n) is 6.62.